The molecule has 1 aliphatic rings. The first-order valence-electron chi connectivity index (χ1n) is 7.08. The predicted molar refractivity (Wildman–Crippen MR) is 71.9 cm³/mol. The Labute approximate surface area is 106 Å². The van der Waals surface area contributed by atoms with E-state index >= 15 is 0 Å². The van der Waals surface area contributed by atoms with Crippen LogP contribution >= 0.6 is 0 Å². The Balaban J connectivity index is 2.33. The summed E-state index contributed by atoms with van der Waals surface area (Å²) in [6.45, 7) is 13.2. The second-order valence-corrected chi connectivity index (χ2v) is 5.42. The lowest BCUT2D eigenvalue weighted by Gasteiger charge is -2.34. The van der Waals surface area contributed by atoms with Gasteiger partial charge in [-0.3, -0.25) is 9.69 Å². The topological polar surface area (TPSA) is 23.6 Å². The van der Waals surface area contributed by atoms with Crippen LogP contribution in [0.4, 0.5) is 0 Å². The van der Waals surface area contributed by atoms with E-state index in [1.54, 1.807) is 0 Å². The third-order valence-corrected chi connectivity index (χ3v) is 4.05. The van der Waals surface area contributed by atoms with E-state index in [2.05, 4.69) is 18.7 Å². The highest BCUT2D eigenvalue weighted by Crippen LogP contribution is 2.24. The molecule has 1 fully saturated rings. The Hall–Kier alpha value is -0.570. The van der Waals surface area contributed by atoms with Gasteiger partial charge >= 0.3 is 0 Å². The molecular weight excluding hydrogens is 212 g/mol. The van der Waals surface area contributed by atoms with Gasteiger partial charge in [-0.25, -0.2) is 0 Å². The summed E-state index contributed by atoms with van der Waals surface area (Å²) < 4.78 is 0. The van der Waals surface area contributed by atoms with Crippen molar-refractivity contribution in [3.8, 4) is 0 Å². The van der Waals surface area contributed by atoms with E-state index in [9.17, 15) is 4.79 Å². The van der Waals surface area contributed by atoms with Crippen LogP contribution in [0.5, 0.6) is 0 Å². The zero-order valence-corrected chi connectivity index (χ0v) is 11.9. The van der Waals surface area contributed by atoms with Gasteiger partial charge in [-0.1, -0.05) is 13.8 Å². The second-order valence-electron chi connectivity index (χ2n) is 5.42. The molecule has 0 saturated carbocycles. The zero-order valence-electron chi connectivity index (χ0n) is 11.9. The fourth-order valence-corrected chi connectivity index (χ4v) is 2.65. The van der Waals surface area contributed by atoms with E-state index in [1.807, 2.05) is 18.7 Å². The van der Waals surface area contributed by atoms with Crippen molar-refractivity contribution in [2.75, 3.05) is 32.7 Å². The minimum atomic E-state index is 0.290. The number of carbonyl (C=O) groups excluding carboxylic acids is 1. The molecule has 1 rings (SSSR count). The molecule has 100 valence electrons. The minimum Gasteiger partial charge on any atom is -0.342 e. The highest BCUT2D eigenvalue weighted by molar-refractivity contribution is 5.78. The van der Waals surface area contributed by atoms with Crippen LogP contribution in [0.2, 0.25) is 0 Å². The van der Waals surface area contributed by atoms with Crippen molar-refractivity contribution in [1.82, 2.24) is 9.80 Å². The van der Waals surface area contributed by atoms with Gasteiger partial charge in [0.25, 0.3) is 0 Å². The Morgan fingerprint density at radius 2 is 1.76 bits per heavy atom. The molecule has 0 bridgehead atoms. The van der Waals surface area contributed by atoms with Gasteiger partial charge in [-0.15, -0.1) is 0 Å². The Kier molecular flexibility index (Phi) is 5.96. The molecule has 1 saturated heterocycles. The summed E-state index contributed by atoms with van der Waals surface area (Å²) in [5, 5.41) is 0. The average Bonchev–Trinajstić information content (AvgIpc) is 2.31. The maximum absolute atomic E-state index is 12.0. The normalized spacial score (nSPS) is 18.6. The van der Waals surface area contributed by atoms with Crippen molar-refractivity contribution >= 4 is 5.91 Å². The number of rotatable bonds is 5. The number of hydrogen-bond acceptors (Lipinski definition) is 2. The summed E-state index contributed by atoms with van der Waals surface area (Å²) in [7, 11) is 0. The predicted octanol–water partition coefficient (Wildman–Crippen LogP) is 2.22. The smallest absolute Gasteiger partial charge is 0.236 e. The van der Waals surface area contributed by atoms with Crippen LogP contribution in [0.25, 0.3) is 0 Å². The third-order valence-electron chi connectivity index (χ3n) is 4.05. The minimum absolute atomic E-state index is 0.290. The first-order valence-corrected chi connectivity index (χ1v) is 7.08. The lowest BCUT2D eigenvalue weighted by atomic mass is 9.87. The van der Waals surface area contributed by atoms with Crippen LogP contribution in [0.15, 0.2) is 0 Å². The third kappa shape index (κ3) is 4.30. The van der Waals surface area contributed by atoms with E-state index in [1.165, 1.54) is 12.8 Å². The van der Waals surface area contributed by atoms with Gasteiger partial charge in [0, 0.05) is 13.1 Å². The average molecular weight is 240 g/mol. The lowest BCUT2D eigenvalue weighted by molar-refractivity contribution is -0.132. The molecule has 3 heteroatoms. The van der Waals surface area contributed by atoms with Crippen molar-refractivity contribution in [1.29, 1.82) is 0 Å². The number of piperidine rings is 1. The van der Waals surface area contributed by atoms with E-state index in [0.717, 1.165) is 38.0 Å². The summed E-state index contributed by atoms with van der Waals surface area (Å²) in [4.78, 5) is 16.2. The van der Waals surface area contributed by atoms with Crippen LogP contribution in [0.1, 0.15) is 40.5 Å². The van der Waals surface area contributed by atoms with Gasteiger partial charge in [-0.2, -0.15) is 0 Å². The van der Waals surface area contributed by atoms with Crippen molar-refractivity contribution in [3.05, 3.63) is 0 Å². The van der Waals surface area contributed by atoms with Gasteiger partial charge in [0.05, 0.1) is 6.54 Å². The molecule has 0 aromatic carbocycles. The van der Waals surface area contributed by atoms with Gasteiger partial charge in [0.1, 0.15) is 0 Å². The van der Waals surface area contributed by atoms with Crippen LogP contribution < -0.4 is 0 Å². The van der Waals surface area contributed by atoms with E-state index in [4.69, 9.17) is 0 Å². The first-order chi connectivity index (χ1) is 8.08. The molecule has 0 radical (unpaired) electrons. The summed E-state index contributed by atoms with van der Waals surface area (Å²) >= 11 is 0. The van der Waals surface area contributed by atoms with Crippen molar-refractivity contribution in [2.24, 2.45) is 11.8 Å². The number of likely N-dealkylation sites (tertiary alicyclic amines) is 1. The standard InChI is InChI=1S/C14H28N2O/c1-5-16(6-2)14(17)11-15-9-7-13(8-10-15)12(3)4/h12-13H,5-11H2,1-4H3. The molecule has 0 spiro atoms. The molecule has 0 N–H and O–H groups in total. The van der Waals surface area contributed by atoms with Gasteiger partial charge in [0.2, 0.25) is 5.91 Å². The molecule has 17 heavy (non-hydrogen) atoms. The molecule has 0 unspecified atom stereocenters. The van der Waals surface area contributed by atoms with Crippen molar-refractivity contribution < 1.29 is 4.79 Å². The fourth-order valence-electron chi connectivity index (χ4n) is 2.65. The number of hydrogen-bond donors (Lipinski definition) is 0. The molecule has 0 atom stereocenters. The van der Waals surface area contributed by atoms with E-state index in [-0.39, 0.29) is 5.91 Å². The number of amides is 1. The monoisotopic (exact) mass is 240 g/mol. The van der Waals surface area contributed by atoms with Crippen molar-refractivity contribution in [3.63, 3.8) is 0 Å². The highest BCUT2D eigenvalue weighted by Gasteiger charge is 2.23. The molecule has 0 aliphatic carbocycles. The van der Waals surface area contributed by atoms with Gasteiger partial charge in [-0.05, 0) is 51.6 Å². The van der Waals surface area contributed by atoms with E-state index in [0.29, 0.717) is 6.54 Å². The molecule has 1 aliphatic heterocycles. The number of carbonyl (C=O) groups is 1. The quantitative estimate of drug-likeness (QED) is 0.735. The Morgan fingerprint density at radius 1 is 1.24 bits per heavy atom. The Bertz CT molecular complexity index is 228. The van der Waals surface area contributed by atoms with Crippen molar-refractivity contribution in [2.45, 2.75) is 40.5 Å². The second kappa shape index (κ2) is 7.00. The molecule has 1 amide bonds. The molecule has 0 aromatic rings. The van der Waals surface area contributed by atoms with E-state index < -0.39 is 0 Å². The maximum Gasteiger partial charge on any atom is 0.236 e. The largest absolute Gasteiger partial charge is 0.342 e. The van der Waals surface area contributed by atoms with Crippen LogP contribution in [0.3, 0.4) is 0 Å². The molecular formula is C14H28N2O. The maximum atomic E-state index is 12.0. The first kappa shape index (κ1) is 14.5. The van der Waals surface area contributed by atoms with Crippen LogP contribution in [-0.2, 0) is 4.79 Å². The number of likely N-dealkylation sites (N-methyl/N-ethyl adjacent to an activating group) is 1. The lowest BCUT2D eigenvalue weighted by Crippen LogP contribution is -2.43. The SMILES string of the molecule is CCN(CC)C(=O)CN1CCC(C(C)C)CC1. The summed E-state index contributed by atoms with van der Waals surface area (Å²) in [5.74, 6) is 1.93. The number of nitrogens with zero attached hydrogens (tertiary/aromatic N) is 2. The Morgan fingerprint density at radius 3 is 2.18 bits per heavy atom. The molecule has 1 heterocycles. The summed E-state index contributed by atoms with van der Waals surface area (Å²) in [6.07, 6.45) is 2.51. The zero-order chi connectivity index (χ0) is 12.8. The van der Waals surface area contributed by atoms with Crippen LogP contribution in [0, 0.1) is 11.8 Å². The van der Waals surface area contributed by atoms with Gasteiger partial charge < -0.3 is 4.90 Å². The molecule has 3 nitrogen and oxygen atoms in total. The van der Waals surface area contributed by atoms with Crippen LogP contribution in [-0.4, -0.2) is 48.4 Å². The summed E-state index contributed by atoms with van der Waals surface area (Å²) in [6, 6.07) is 0. The molecule has 0 aromatic heterocycles. The highest BCUT2D eigenvalue weighted by atomic mass is 16.2. The summed E-state index contributed by atoms with van der Waals surface area (Å²) in [5.41, 5.74) is 0. The fraction of sp³-hybridized carbons (Fsp3) is 0.929. The van der Waals surface area contributed by atoms with Gasteiger partial charge in [0.15, 0.2) is 0 Å².